The molecular weight excluding hydrogens is 991 g/mol. The minimum Gasteiger partial charge on any atom is -0.412 e. The van der Waals surface area contributed by atoms with Gasteiger partial charge in [0.2, 0.25) is 0 Å². The van der Waals surface area contributed by atoms with Gasteiger partial charge in [-0.25, -0.2) is 0 Å². The molecule has 9 fully saturated rings. The molecule has 12 rings (SSSR count). The van der Waals surface area contributed by atoms with Crippen LogP contribution in [0, 0.1) is 17.8 Å². The number of fused-ring (bicyclic) bond motifs is 2. The fraction of sp³-hybridized carbons (Fsp3) is 0.698. The smallest absolute Gasteiger partial charge is 0.261 e. The van der Waals surface area contributed by atoms with Crippen LogP contribution in [0.4, 0.5) is 0 Å². The molecule has 0 spiro atoms. The van der Waals surface area contributed by atoms with Crippen LogP contribution in [-0.4, -0.2) is 134 Å². The Hall–Kier alpha value is -3.41. The van der Waals surface area contributed by atoms with Gasteiger partial charge in [-0.05, 0) is 136 Å². The zero-order chi connectivity index (χ0) is 54.3. The number of ether oxygens (including phenoxy) is 8. The number of ketones is 1. The topological polar surface area (TPSA) is 138 Å². The molecule has 2 aromatic rings. The molecule has 0 radical (unpaired) electrons. The Kier molecular flexibility index (Phi) is 15.5. The molecule has 6 bridgehead atoms. The number of amides is 2. The quantitative estimate of drug-likeness (QED) is 0.0752. The molecule has 0 aromatic heterocycles. The van der Waals surface area contributed by atoms with Crippen molar-refractivity contribution >= 4 is 25.9 Å². The van der Waals surface area contributed by atoms with Crippen molar-refractivity contribution < 1.29 is 56.7 Å². The minimum atomic E-state index is -2.35. The summed E-state index contributed by atoms with van der Waals surface area (Å²) in [6.45, 7) is 28.9. The highest BCUT2D eigenvalue weighted by Crippen LogP contribution is 2.59. The summed E-state index contributed by atoms with van der Waals surface area (Å²) in [7, 11) is -2.35. The summed E-state index contributed by atoms with van der Waals surface area (Å²) >= 11 is 0. The van der Waals surface area contributed by atoms with Gasteiger partial charge in [0.25, 0.3) is 11.8 Å². The number of imide groups is 1. The maximum Gasteiger partial charge on any atom is 0.261 e. The SMILES string of the molecule is C=C1C[C@H](CC[C@@]23C[C@]4(C)O[C@H]5[C@@H](O2)[C@H]2O[C@@H](CC(C)=O)CC[C@@H]2O[C@H]5[C@H]4O3)OC1CC[C@H]1C[C@@H](C)C(=C)C(C[C@@H]2OC(C[C@@H](CN3C(=O)c4ccccc4C3=O)O[Si](C)(C)C(C)(C)C)[C@H](C)C2CCc2ccccc2)O1. The van der Waals surface area contributed by atoms with Crippen molar-refractivity contribution in [1.82, 2.24) is 4.90 Å². The Balaban J connectivity index is 0.732. The van der Waals surface area contributed by atoms with E-state index in [4.69, 9.17) is 42.3 Å². The molecule has 10 aliphatic rings. The van der Waals surface area contributed by atoms with Crippen molar-refractivity contribution in [2.75, 3.05) is 6.54 Å². The summed E-state index contributed by atoms with van der Waals surface area (Å²) in [4.78, 5) is 41.0. The molecule has 420 valence electrons. The normalized spacial score (nSPS) is 39.8. The fourth-order valence-corrected chi connectivity index (χ4v) is 16.1. The second-order valence-corrected chi connectivity index (χ2v) is 31.4. The van der Waals surface area contributed by atoms with Gasteiger partial charge < -0.3 is 42.3 Å². The zero-order valence-corrected chi connectivity index (χ0v) is 48.4. The van der Waals surface area contributed by atoms with Crippen LogP contribution in [0.5, 0.6) is 0 Å². The number of aryl methyl sites for hydroxylation is 1. The summed E-state index contributed by atoms with van der Waals surface area (Å²) in [6, 6.07) is 17.8. The maximum atomic E-state index is 13.8. The van der Waals surface area contributed by atoms with Crippen LogP contribution in [0.2, 0.25) is 18.1 Å². The van der Waals surface area contributed by atoms with Gasteiger partial charge in [0.15, 0.2) is 14.1 Å². The van der Waals surface area contributed by atoms with E-state index in [2.05, 4.69) is 98.1 Å². The Morgan fingerprint density at radius 2 is 1.49 bits per heavy atom. The average Bonchev–Trinajstić information content (AvgIpc) is 4.30. The van der Waals surface area contributed by atoms with Crippen LogP contribution in [-0.2, 0) is 53.5 Å². The first-order valence-electron chi connectivity index (χ1n) is 29.4. The predicted octanol–water partition coefficient (Wildman–Crippen LogP) is 11.1. The van der Waals surface area contributed by atoms with Gasteiger partial charge in [-0.15, -0.1) is 0 Å². The number of Topliss-reactive ketones (excluding diaryl/α,β-unsaturated/α-hetero) is 1. The number of rotatable bonds is 19. The molecule has 10 heterocycles. The molecule has 14 heteroatoms. The molecule has 0 saturated carbocycles. The molecule has 0 N–H and O–H groups in total. The standard InChI is InChI=1S/C63H87NO12Si/c1-36-29-42(22-25-49-37(2)30-44(68-49)27-28-63-35-62(9)58(75-63)57-56(73-62)55(74-63)54-50(72-57)26-23-43(70-54)31-38(3)65)69-52(39(36)4)33-53-46(24-21-41-17-13-12-14-18-41)40(5)51(71-53)32-45(76-77(10,11)61(6,7)8)34-64-59(66)47-19-15-16-20-48(47)60(64)67/h12-20,36,40,42-46,49-58H,2,4,21-35H2,1,3,5-11H3/t36-,40-,42+,43-,44+,45+,46?,49?,50+,51?,52?,53+,54+,55+,56+,57-,58-,62+,63-/m1/s1. The molecular formula is C63H87NO12Si. The molecule has 13 nitrogen and oxygen atoms in total. The number of benzene rings is 2. The first kappa shape index (κ1) is 55.5. The van der Waals surface area contributed by atoms with Crippen molar-refractivity contribution in [3.8, 4) is 0 Å². The van der Waals surface area contributed by atoms with Crippen molar-refractivity contribution in [2.45, 2.75) is 253 Å². The van der Waals surface area contributed by atoms with Crippen molar-refractivity contribution in [2.24, 2.45) is 17.8 Å². The predicted molar refractivity (Wildman–Crippen MR) is 294 cm³/mol. The van der Waals surface area contributed by atoms with Gasteiger partial charge in [0, 0.05) is 32.1 Å². The molecule has 4 unspecified atom stereocenters. The summed E-state index contributed by atoms with van der Waals surface area (Å²) < 4.78 is 62.5. The van der Waals surface area contributed by atoms with E-state index in [-0.39, 0.29) is 126 Å². The third-order valence-electron chi connectivity index (χ3n) is 20.0. The van der Waals surface area contributed by atoms with Crippen molar-refractivity contribution in [3.63, 3.8) is 0 Å². The van der Waals surface area contributed by atoms with E-state index in [0.29, 0.717) is 43.2 Å². The molecule has 2 aromatic carbocycles. The Bertz CT molecular complexity index is 2510. The van der Waals surface area contributed by atoms with Crippen molar-refractivity contribution in [3.05, 3.63) is 95.6 Å². The Labute approximate surface area is 458 Å². The number of hydrogen-bond donors (Lipinski definition) is 0. The van der Waals surface area contributed by atoms with E-state index in [0.717, 1.165) is 68.9 Å². The van der Waals surface area contributed by atoms with Gasteiger partial charge in [0.05, 0.1) is 72.6 Å². The third kappa shape index (κ3) is 11.0. The largest absolute Gasteiger partial charge is 0.412 e. The monoisotopic (exact) mass is 1080 g/mol. The highest BCUT2D eigenvalue weighted by molar-refractivity contribution is 6.74. The van der Waals surface area contributed by atoms with Crippen LogP contribution < -0.4 is 0 Å². The number of hydrogen-bond acceptors (Lipinski definition) is 12. The first-order valence-corrected chi connectivity index (χ1v) is 32.3. The summed E-state index contributed by atoms with van der Waals surface area (Å²) in [5.41, 5.74) is 3.95. The summed E-state index contributed by atoms with van der Waals surface area (Å²) in [5.74, 6) is -0.510. The van der Waals surface area contributed by atoms with Crippen LogP contribution in [0.1, 0.15) is 158 Å². The summed E-state index contributed by atoms with van der Waals surface area (Å²) in [6.07, 6.45) is 8.19. The van der Waals surface area contributed by atoms with Gasteiger partial charge in [-0.3, -0.25) is 19.3 Å². The van der Waals surface area contributed by atoms with E-state index in [1.807, 2.05) is 12.1 Å². The number of carbonyl (C=O) groups excluding carboxylic acids is 3. The highest BCUT2D eigenvalue weighted by Gasteiger charge is 2.73. The lowest BCUT2D eigenvalue weighted by Gasteiger charge is -2.47. The number of nitrogens with zero attached hydrogens (tertiary/aromatic N) is 1. The van der Waals surface area contributed by atoms with E-state index in [9.17, 15) is 14.4 Å². The molecule has 19 atom stereocenters. The van der Waals surface area contributed by atoms with Gasteiger partial charge in [-0.1, -0.05) is 90.2 Å². The summed E-state index contributed by atoms with van der Waals surface area (Å²) in [5, 5.41) is -0.0787. The van der Waals surface area contributed by atoms with Gasteiger partial charge in [-0.2, -0.15) is 0 Å². The maximum absolute atomic E-state index is 13.8. The third-order valence-corrected chi connectivity index (χ3v) is 24.6. The Morgan fingerprint density at radius 3 is 2.21 bits per heavy atom. The van der Waals surface area contributed by atoms with Gasteiger partial charge in [0.1, 0.15) is 41.9 Å². The Morgan fingerprint density at radius 1 is 0.792 bits per heavy atom. The molecule has 9 saturated heterocycles. The fourth-order valence-electron chi connectivity index (χ4n) is 14.8. The van der Waals surface area contributed by atoms with E-state index < -0.39 is 25.8 Å². The lowest BCUT2D eigenvalue weighted by molar-refractivity contribution is -0.294. The zero-order valence-electron chi connectivity index (χ0n) is 47.4. The number of carbonyl (C=O) groups is 3. The minimum absolute atomic E-state index is 0.00477. The lowest BCUT2D eigenvalue weighted by atomic mass is 9.79. The van der Waals surface area contributed by atoms with Crippen molar-refractivity contribution in [1.29, 1.82) is 0 Å². The van der Waals surface area contributed by atoms with E-state index in [1.165, 1.54) is 10.5 Å². The lowest BCUT2D eigenvalue weighted by Crippen LogP contribution is -2.61. The molecule has 77 heavy (non-hydrogen) atoms. The molecule has 2 amide bonds. The van der Waals surface area contributed by atoms with Gasteiger partial charge >= 0.3 is 0 Å². The van der Waals surface area contributed by atoms with E-state index >= 15 is 0 Å². The van der Waals surface area contributed by atoms with Crippen LogP contribution in [0.3, 0.4) is 0 Å². The van der Waals surface area contributed by atoms with Crippen LogP contribution in [0.25, 0.3) is 0 Å². The van der Waals surface area contributed by atoms with Crippen LogP contribution >= 0.6 is 0 Å². The molecule has 0 aliphatic carbocycles. The van der Waals surface area contributed by atoms with Crippen LogP contribution in [0.15, 0.2) is 78.9 Å². The first-order chi connectivity index (χ1) is 36.6. The highest BCUT2D eigenvalue weighted by atomic mass is 28.4. The average molecular weight is 1080 g/mol. The molecule has 10 aliphatic heterocycles. The second-order valence-electron chi connectivity index (χ2n) is 26.6. The van der Waals surface area contributed by atoms with E-state index in [1.54, 1.807) is 19.1 Å². The second kappa shape index (κ2) is 21.5.